The molecule has 2 aromatic rings. The van der Waals surface area contributed by atoms with Crippen molar-refractivity contribution in [3.63, 3.8) is 0 Å². The summed E-state index contributed by atoms with van der Waals surface area (Å²) in [6, 6.07) is 5.64. The molecule has 0 atom stereocenters. The van der Waals surface area contributed by atoms with Gasteiger partial charge < -0.3 is 24.7 Å². The van der Waals surface area contributed by atoms with Crippen LogP contribution in [0.2, 0.25) is 0 Å². The number of methoxy groups -OCH3 is 2. The maximum atomic E-state index is 5.30. The molecule has 0 saturated heterocycles. The summed E-state index contributed by atoms with van der Waals surface area (Å²) in [6.07, 6.45) is 6.53. The number of anilines is 1. The smallest absolute Gasteiger partial charge is 0.195 e. The molecule has 23 heavy (non-hydrogen) atoms. The van der Waals surface area contributed by atoms with Crippen molar-refractivity contribution in [1.29, 1.82) is 0 Å². The summed E-state index contributed by atoms with van der Waals surface area (Å²) in [7, 11) is 4.97. The van der Waals surface area contributed by atoms with Crippen molar-refractivity contribution in [1.82, 2.24) is 14.9 Å². The topological polar surface area (TPSA) is 72.7 Å². The highest BCUT2D eigenvalue weighted by molar-refractivity contribution is 5.93. The van der Waals surface area contributed by atoms with Crippen LogP contribution in [0.15, 0.2) is 41.9 Å². The fraction of sp³-hybridized carbons (Fsp3) is 0.375. The number of nitrogens with zero attached hydrogens (tertiary/aromatic N) is 3. The highest BCUT2D eigenvalue weighted by Crippen LogP contribution is 2.29. The van der Waals surface area contributed by atoms with E-state index in [0.717, 1.165) is 25.2 Å². The highest BCUT2D eigenvalue weighted by atomic mass is 16.5. The molecule has 0 fully saturated rings. The summed E-state index contributed by atoms with van der Waals surface area (Å²) in [6.45, 7) is 1.73. The number of aliphatic imine (C=N–C) groups is 1. The van der Waals surface area contributed by atoms with Crippen LogP contribution in [-0.2, 0) is 6.54 Å². The number of hydrogen-bond acceptors (Lipinski definition) is 4. The van der Waals surface area contributed by atoms with Gasteiger partial charge in [0.25, 0.3) is 0 Å². The average molecular weight is 317 g/mol. The number of hydrogen-bond donors (Lipinski definition) is 2. The van der Waals surface area contributed by atoms with Crippen molar-refractivity contribution < 1.29 is 9.47 Å². The molecule has 2 rings (SSSR count). The van der Waals surface area contributed by atoms with Crippen molar-refractivity contribution in [2.75, 3.05) is 33.1 Å². The minimum atomic E-state index is 0.674. The molecule has 0 spiro atoms. The molecule has 0 bridgehead atoms. The Morgan fingerprint density at radius 3 is 2.74 bits per heavy atom. The van der Waals surface area contributed by atoms with Gasteiger partial charge in [-0.3, -0.25) is 4.99 Å². The van der Waals surface area contributed by atoms with Gasteiger partial charge >= 0.3 is 0 Å². The first-order valence-electron chi connectivity index (χ1n) is 7.42. The molecule has 0 radical (unpaired) electrons. The predicted molar refractivity (Wildman–Crippen MR) is 91.4 cm³/mol. The quantitative estimate of drug-likeness (QED) is 0.464. The Morgan fingerprint density at radius 2 is 2.09 bits per heavy atom. The number of nitrogens with one attached hydrogen (secondary N) is 2. The molecular formula is C16H23N5O2. The first-order valence-corrected chi connectivity index (χ1v) is 7.42. The highest BCUT2D eigenvalue weighted by Gasteiger charge is 2.06. The normalized spacial score (nSPS) is 11.2. The van der Waals surface area contributed by atoms with Crippen LogP contribution in [0.3, 0.4) is 0 Å². The molecule has 0 amide bonds. The standard InChI is InChI=1S/C16H23N5O2/c1-17-16(19-7-4-9-21-10-8-18-12-21)20-13-5-6-14(22-2)15(11-13)23-3/h5-6,8,10-12H,4,7,9H2,1-3H3,(H2,17,19,20). The van der Waals surface area contributed by atoms with Crippen LogP contribution < -0.4 is 20.1 Å². The molecule has 1 aromatic heterocycles. The lowest BCUT2D eigenvalue weighted by atomic mass is 10.2. The van der Waals surface area contributed by atoms with Gasteiger partial charge in [-0.1, -0.05) is 0 Å². The zero-order valence-electron chi connectivity index (χ0n) is 13.7. The molecule has 124 valence electrons. The molecule has 0 saturated carbocycles. The number of benzene rings is 1. The van der Waals surface area contributed by atoms with Crippen molar-refractivity contribution in [3.05, 3.63) is 36.9 Å². The van der Waals surface area contributed by atoms with E-state index in [1.165, 1.54) is 0 Å². The molecule has 1 aromatic carbocycles. The van der Waals surface area contributed by atoms with Gasteiger partial charge in [0.15, 0.2) is 17.5 Å². The number of guanidine groups is 1. The number of rotatable bonds is 7. The molecule has 0 aliphatic rings. The van der Waals surface area contributed by atoms with Crippen LogP contribution in [-0.4, -0.2) is 43.3 Å². The lowest BCUT2D eigenvalue weighted by Crippen LogP contribution is -2.31. The van der Waals surface area contributed by atoms with Crippen molar-refractivity contribution >= 4 is 11.6 Å². The van der Waals surface area contributed by atoms with E-state index in [1.807, 2.05) is 35.3 Å². The second kappa shape index (κ2) is 8.67. The van der Waals surface area contributed by atoms with E-state index in [2.05, 4.69) is 20.6 Å². The fourth-order valence-corrected chi connectivity index (χ4v) is 2.12. The third-order valence-corrected chi connectivity index (χ3v) is 3.31. The molecule has 1 heterocycles. The van der Waals surface area contributed by atoms with Crippen molar-refractivity contribution in [2.45, 2.75) is 13.0 Å². The largest absolute Gasteiger partial charge is 0.493 e. The van der Waals surface area contributed by atoms with Gasteiger partial charge in [-0.25, -0.2) is 4.98 Å². The van der Waals surface area contributed by atoms with E-state index in [1.54, 1.807) is 27.5 Å². The van der Waals surface area contributed by atoms with E-state index >= 15 is 0 Å². The molecule has 7 heteroatoms. The van der Waals surface area contributed by atoms with Gasteiger partial charge in [-0.05, 0) is 18.6 Å². The van der Waals surface area contributed by atoms with E-state index in [9.17, 15) is 0 Å². The molecule has 0 aliphatic carbocycles. The van der Waals surface area contributed by atoms with Crippen LogP contribution in [0.1, 0.15) is 6.42 Å². The number of aryl methyl sites for hydroxylation is 1. The molecule has 2 N–H and O–H groups in total. The molecule has 7 nitrogen and oxygen atoms in total. The zero-order valence-corrected chi connectivity index (χ0v) is 13.7. The predicted octanol–water partition coefficient (Wildman–Crippen LogP) is 1.98. The van der Waals surface area contributed by atoms with Crippen LogP contribution in [0.25, 0.3) is 0 Å². The van der Waals surface area contributed by atoms with Gasteiger partial charge in [-0.2, -0.15) is 0 Å². The summed E-state index contributed by atoms with van der Waals surface area (Å²) >= 11 is 0. The van der Waals surface area contributed by atoms with Gasteiger partial charge in [0, 0.05) is 44.3 Å². The Balaban J connectivity index is 1.84. The minimum Gasteiger partial charge on any atom is -0.493 e. The summed E-state index contributed by atoms with van der Waals surface area (Å²) in [5.41, 5.74) is 0.880. The fourth-order valence-electron chi connectivity index (χ4n) is 2.12. The van der Waals surface area contributed by atoms with E-state index in [-0.39, 0.29) is 0 Å². The zero-order chi connectivity index (χ0) is 16.5. The third kappa shape index (κ3) is 4.91. The Bertz CT molecular complexity index is 625. The monoisotopic (exact) mass is 317 g/mol. The average Bonchev–Trinajstić information content (AvgIpc) is 3.10. The maximum absolute atomic E-state index is 5.30. The molecule has 0 unspecified atom stereocenters. The molecular weight excluding hydrogens is 294 g/mol. The number of aromatic nitrogens is 2. The van der Waals surface area contributed by atoms with Gasteiger partial charge in [0.05, 0.1) is 20.5 Å². The number of ether oxygens (including phenoxy) is 2. The van der Waals surface area contributed by atoms with E-state index < -0.39 is 0 Å². The van der Waals surface area contributed by atoms with Gasteiger partial charge in [-0.15, -0.1) is 0 Å². The van der Waals surface area contributed by atoms with Crippen molar-refractivity contribution in [2.24, 2.45) is 4.99 Å². The Labute approximate surface area is 136 Å². The second-order valence-corrected chi connectivity index (χ2v) is 4.85. The summed E-state index contributed by atoms with van der Waals surface area (Å²) in [5.74, 6) is 2.08. The van der Waals surface area contributed by atoms with Crippen LogP contribution in [0.5, 0.6) is 11.5 Å². The summed E-state index contributed by atoms with van der Waals surface area (Å²) in [4.78, 5) is 8.24. The van der Waals surface area contributed by atoms with Crippen LogP contribution >= 0.6 is 0 Å². The Kier molecular flexibility index (Phi) is 6.28. The van der Waals surface area contributed by atoms with Crippen LogP contribution in [0, 0.1) is 0 Å². The van der Waals surface area contributed by atoms with E-state index in [4.69, 9.17) is 9.47 Å². The lowest BCUT2D eigenvalue weighted by molar-refractivity contribution is 0.355. The maximum Gasteiger partial charge on any atom is 0.195 e. The van der Waals surface area contributed by atoms with Crippen molar-refractivity contribution in [3.8, 4) is 11.5 Å². The SMILES string of the molecule is CN=C(NCCCn1ccnc1)Nc1ccc(OC)c(OC)c1. The summed E-state index contributed by atoms with van der Waals surface area (Å²) in [5, 5.41) is 6.51. The van der Waals surface area contributed by atoms with Gasteiger partial charge in [0.2, 0.25) is 0 Å². The first kappa shape index (κ1) is 16.7. The Morgan fingerprint density at radius 1 is 1.26 bits per heavy atom. The minimum absolute atomic E-state index is 0.674. The van der Waals surface area contributed by atoms with Gasteiger partial charge in [0.1, 0.15) is 0 Å². The summed E-state index contributed by atoms with van der Waals surface area (Å²) < 4.78 is 12.6. The Hall–Kier alpha value is -2.70. The van der Waals surface area contributed by atoms with E-state index in [0.29, 0.717) is 17.5 Å². The van der Waals surface area contributed by atoms with Crippen LogP contribution in [0.4, 0.5) is 5.69 Å². The second-order valence-electron chi connectivity index (χ2n) is 4.85. The number of imidazole rings is 1. The lowest BCUT2D eigenvalue weighted by Gasteiger charge is -2.14. The molecule has 0 aliphatic heterocycles. The third-order valence-electron chi connectivity index (χ3n) is 3.31. The first-order chi connectivity index (χ1) is 11.3.